The molecule has 0 aliphatic rings. The molecule has 7 nitrogen and oxygen atoms in total. The summed E-state index contributed by atoms with van der Waals surface area (Å²) in [6.45, 7) is 6.91. The number of carbonyl (C=O) groups is 1. The summed E-state index contributed by atoms with van der Waals surface area (Å²) in [4.78, 5) is 16.0. The molecule has 20 heavy (non-hydrogen) atoms. The Kier molecular flexibility index (Phi) is 4.33. The number of imidazole rings is 1. The molecule has 1 atom stereocenters. The van der Waals surface area contributed by atoms with Crippen LogP contribution in [-0.4, -0.2) is 31.8 Å². The van der Waals surface area contributed by atoms with Crippen molar-refractivity contribution in [1.82, 2.24) is 25.1 Å². The maximum Gasteiger partial charge on any atom is 0.321 e. The first-order chi connectivity index (χ1) is 9.45. The van der Waals surface area contributed by atoms with Gasteiger partial charge in [0.25, 0.3) is 0 Å². The van der Waals surface area contributed by atoms with E-state index in [1.165, 1.54) is 11.3 Å². The zero-order valence-corrected chi connectivity index (χ0v) is 12.5. The molecule has 0 aliphatic heterocycles. The fourth-order valence-electron chi connectivity index (χ4n) is 1.66. The smallest absolute Gasteiger partial charge is 0.321 e. The third kappa shape index (κ3) is 4.02. The van der Waals surface area contributed by atoms with Gasteiger partial charge in [-0.15, -0.1) is 10.2 Å². The van der Waals surface area contributed by atoms with Gasteiger partial charge < -0.3 is 9.88 Å². The summed E-state index contributed by atoms with van der Waals surface area (Å²) in [6, 6.07) is -0.314. The number of rotatable bonds is 4. The van der Waals surface area contributed by atoms with Gasteiger partial charge in [0.1, 0.15) is 5.51 Å². The zero-order chi connectivity index (χ0) is 14.6. The van der Waals surface area contributed by atoms with E-state index in [0.29, 0.717) is 11.7 Å². The summed E-state index contributed by atoms with van der Waals surface area (Å²) >= 11 is 1.28. The van der Waals surface area contributed by atoms with Crippen molar-refractivity contribution in [3.63, 3.8) is 0 Å². The number of hydrogen-bond donors (Lipinski definition) is 2. The highest BCUT2D eigenvalue weighted by Crippen LogP contribution is 2.21. The second-order valence-electron chi connectivity index (χ2n) is 5.52. The van der Waals surface area contributed by atoms with Gasteiger partial charge in [-0.25, -0.2) is 9.78 Å². The molecule has 2 aromatic rings. The molecule has 8 heteroatoms. The van der Waals surface area contributed by atoms with Crippen LogP contribution in [0.3, 0.4) is 0 Å². The number of hydrogen-bond acceptors (Lipinski definition) is 5. The van der Waals surface area contributed by atoms with E-state index >= 15 is 0 Å². The molecule has 2 aromatic heterocycles. The maximum atomic E-state index is 12.0. The van der Waals surface area contributed by atoms with Crippen LogP contribution < -0.4 is 10.6 Å². The Morgan fingerprint density at radius 1 is 1.50 bits per heavy atom. The molecular formula is C12H18N6OS. The molecule has 2 rings (SSSR count). The predicted octanol–water partition coefficient (Wildman–Crippen LogP) is 1.97. The minimum Gasteiger partial charge on any atom is -0.335 e. The number of nitrogens with one attached hydrogen (secondary N) is 2. The summed E-state index contributed by atoms with van der Waals surface area (Å²) in [5, 5.41) is 13.6. The van der Waals surface area contributed by atoms with Crippen molar-refractivity contribution in [2.75, 3.05) is 5.32 Å². The maximum absolute atomic E-state index is 12.0. The second-order valence-corrected chi connectivity index (χ2v) is 6.35. The lowest BCUT2D eigenvalue weighted by Crippen LogP contribution is -2.47. The molecule has 108 valence electrons. The lowest BCUT2D eigenvalue weighted by Gasteiger charge is -2.31. The highest BCUT2D eigenvalue weighted by molar-refractivity contribution is 7.13. The Morgan fingerprint density at radius 3 is 2.85 bits per heavy atom. The third-order valence-corrected chi connectivity index (χ3v) is 3.49. The van der Waals surface area contributed by atoms with Crippen LogP contribution in [0, 0.1) is 5.41 Å². The van der Waals surface area contributed by atoms with Crippen LogP contribution >= 0.6 is 11.3 Å². The van der Waals surface area contributed by atoms with E-state index in [1.54, 1.807) is 18.0 Å². The van der Waals surface area contributed by atoms with E-state index in [9.17, 15) is 4.79 Å². The fourth-order valence-corrected chi connectivity index (χ4v) is 2.10. The van der Waals surface area contributed by atoms with Gasteiger partial charge in [-0.3, -0.25) is 5.32 Å². The number of anilines is 1. The first-order valence-corrected chi connectivity index (χ1v) is 7.12. The van der Waals surface area contributed by atoms with Gasteiger partial charge in [0, 0.05) is 18.9 Å². The zero-order valence-electron chi connectivity index (χ0n) is 11.7. The number of aromatic nitrogens is 4. The molecule has 2 N–H and O–H groups in total. The Labute approximate surface area is 121 Å². The lowest BCUT2D eigenvalue weighted by molar-refractivity contribution is 0.218. The summed E-state index contributed by atoms with van der Waals surface area (Å²) < 4.78 is 1.95. The van der Waals surface area contributed by atoms with Gasteiger partial charge in [-0.2, -0.15) is 0 Å². The highest BCUT2D eigenvalue weighted by Gasteiger charge is 2.26. The lowest BCUT2D eigenvalue weighted by atomic mass is 9.86. The van der Waals surface area contributed by atoms with Crippen molar-refractivity contribution >= 4 is 22.5 Å². The van der Waals surface area contributed by atoms with Crippen LogP contribution in [0.4, 0.5) is 9.93 Å². The van der Waals surface area contributed by atoms with E-state index < -0.39 is 0 Å². The van der Waals surface area contributed by atoms with Crippen molar-refractivity contribution in [2.24, 2.45) is 5.41 Å². The molecule has 2 amide bonds. The molecule has 0 fully saturated rings. The van der Waals surface area contributed by atoms with E-state index in [1.807, 2.05) is 10.8 Å². The summed E-state index contributed by atoms with van der Waals surface area (Å²) in [5.74, 6) is 0. The molecule has 0 bridgehead atoms. The molecule has 0 spiro atoms. The minimum atomic E-state index is -0.276. The molecular weight excluding hydrogens is 276 g/mol. The van der Waals surface area contributed by atoms with Gasteiger partial charge in [0.05, 0.1) is 12.4 Å². The third-order valence-electron chi connectivity index (χ3n) is 2.88. The standard InChI is InChI=1S/C12H18N6OS/c1-12(2,3)9(6-18-5-4-13-7-18)15-10(19)16-11-17-14-8-20-11/h4-5,7-9H,6H2,1-3H3,(H2,15,16,17,19)/t9-/m1/s1. The quantitative estimate of drug-likeness (QED) is 0.903. The average Bonchev–Trinajstić information content (AvgIpc) is 2.99. The first-order valence-electron chi connectivity index (χ1n) is 6.24. The largest absolute Gasteiger partial charge is 0.335 e. The molecule has 0 saturated heterocycles. The van der Waals surface area contributed by atoms with E-state index in [0.717, 1.165) is 0 Å². The average molecular weight is 294 g/mol. The van der Waals surface area contributed by atoms with Crippen LogP contribution in [0.2, 0.25) is 0 Å². The van der Waals surface area contributed by atoms with Gasteiger partial charge in [0.2, 0.25) is 5.13 Å². The fraction of sp³-hybridized carbons (Fsp3) is 0.500. The van der Waals surface area contributed by atoms with Crippen molar-refractivity contribution < 1.29 is 4.79 Å². The Hall–Kier alpha value is -1.96. The van der Waals surface area contributed by atoms with Gasteiger partial charge in [-0.05, 0) is 5.41 Å². The van der Waals surface area contributed by atoms with Crippen LogP contribution in [0.5, 0.6) is 0 Å². The number of carbonyl (C=O) groups excluding carboxylic acids is 1. The summed E-state index contributed by atoms with van der Waals surface area (Å²) in [5.41, 5.74) is 1.49. The van der Waals surface area contributed by atoms with Crippen LogP contribution in [0.15, 0.2) is 24.2 Å². The van der Waals surface area contributed by atoms with E-state index in [2.05, 4.69) is 46.6 Å². The highest BCUT2D eigenvalue weighted by atomic mass is 32.1. The topological polar surface area (TPSA) is 84.7 Å². The van der Waals surface area contributed by atoms with Gasteiger partial charge in [-0.1, -0.05) is 32.1 Å². The second kappa shape index (κ2) is 6.00. The Bertz CT molecular complexity index is 531. The Balaban J connectivity index is 1.98. The SMILES string of the molecule is CC(C)(C)[C@@H](Cn1ccnc1)NC(=O)Nc1nncs1. The Morgan fingerprint density at radius 2 is 2.30 bits per heavy atom. The van der Waals surface area contributed by atoms with Crippen LogP contribution in [-0.2, 0) is 6.54 Å². The van der Waals surface area contributed by atoms with Crippen molar-refractivity contribution in [3.05, 3.63) is 24.2 Å². The summed E-state index contributed by atoms with van der Waals surface area (Å²) in [7, 11) is 0. The van der Waals surface area contributed by atoms with Crippen molar-refractivity contribution in [2.45, 2.75) is 33.4 Å². The number of nitrogens with zero attached hydrogens (tertiary/aromatic N) is 4. The van der Waals surface area contributed by atoms with Crippen LogP contribution in [0.1, 0.15) is 20.8 Å². The predicted molar refractivity (Wildman–Crippen MR) is 77.5 cm³/mol. The minimum absolute atomic E-state index is 0.0374. The van der Waals surface area contributed by atoms with Gasteiger partial charge >= 0.3 is 6.03 Å². The number of urea groups is 1. The number of amides is 2. The summed E-state index contributed by atoms with van der Waals surface area (Å²) in [6.07, 6.45) is 5.34. The molecule has 0 radical (unpaired) electrons. The molecule has 0 aliphatic carbocycles. The van der Waals surface area contributed by atoms with Crippen molar-refractivity contribution in [1.29, 1.82) is 0 Å². The molecule has 2 heterocycles. The van der Waals surface area contributed by atoms with Crippen LogP contribution in [0.25, 0.3) is 0 Å². The van der Waals surface area contributed by atoms with Gasteiger partial charge in [0.15, 0.2) is 0 Å². The molecule has 0 unspecified atom stereocenters. The molecule has 0 saturated carbocycles. The normalized spacial score (nSPS) is 12.9. The monoisotopic (exact) mass is 294 g/mol. The van der Waals surface area contributed by atoms with Crippen molar-refractivity contribution in [3.8, 4) is 0 Å². The van der Waals surface area contributed by atoms with E-state index in [4.69, 9.17) is 0 Å². The van der Waals surface area contributed by atoms with E-state index in [-0.39, 0.29) is 17.5 Å². The first kappa shape index (κ1) is 14.4. The molecule has 0 aromatic carbocycles.